The van der Waals surface area contributed by atoms with Crippen molar-refractivity contribution in [1.29, 1.82) is 0 Å². The lowest BCUT2D eigenvalue weighted by Crippen LogP contribution is -2.26. The first-order valence-electron chi connectivity index (χ1n) is 12.1. The fraction of sp³-hybridized carbons (Fsp3) is 0.321. The molecule has 0 aliphatic carbocycles. The van der Waals surface area contributed by atoms with Crippen LogP contribution in [0.3, 0.4) is 0 Å². The molecule has 0 bridgehead atoms. The SMILES string of the molecule is Oc1ccc2c(c1)SCCC(c1ccc(Cl)cc1Cl)=C2c1ccc(O[C@H]2CCN(CCCF)C2)nc1. The highest BCUT2D eigenvalue weighted by Gasteiger charge is 2.25. The van der Waals surface area contributed by atoms with Gasteiger partial charge in [0.25, 0.3) is 0 Å². The van der Waals surface area contributed by atoms with Crippen molar-refractivity contribution in [3.05, 3.63) is 81.5 Å². The van der Waals surface area contributed by atoms with Crippen LogP contribution in [0.5, 0.6) is 11.6 Å². The molecule has 0 spiro atoms. The Kier molecular flexibility index (Phi) is 8.06. The number of benzene rings is 2. The zero-order valence-corrected chi connectivity index (χ0v) is 22.1. The van der Waals surface area contributed by atoms with E-state index in [2.05, 4.69) is 9.88 Å². The minimum atomic E-state index is -0.286. The largest absolute Gasteiger partial charge is 0.508 e. The number of nitrogens with zero attached hydrogens (tertiary/aromatic N) is 2. The molecule has 2 aromatic carbocycles. The number of likely N-dealkylation sites (tertiary alicyclic amines) is 1. The van der Waals surface area contributed by atoms with Crippen LogP contribution in [0.15, 0.2) is 59.6 Å². The van der Waals surface area contributed by atoms with E-state index in [9.17, 15) is 9.50 Å². The van der Waals surface area contributed by atoms with E-state index in [1.807, 2.05) is 42.6 Å². The van der Waals surface area contributed by atoms with Crippen molar-refractivity contribution in [2.45, 2.75) is 30.3 Å². The molecule has 1 atom stereocenters. The molecular formula is C28H27Cl2FN2O2S. The number of aromatic hydroxyl groups is 1. The number of hydrogen-bond donors (Lipinski definition) is 1. The predicted octanol–water partition coefficient (Wildman–Crippen LogP) is 7.36. The highest BCUT2D eigenvalue weighted by Crippen LogP contribution is 2.45. The number of fused-ring (bicyclic) bond motifs is 1. The molecule has 5 rings (SSSR count). The standard InChI is InChI=1S/C28H27Cl2FN2O2S/c29-19-3-5-22(25(30)14-19)23-9-13-36-26-15-20(34)4-6-24(26)28(23)18-2-7-27(32-16-18)35-21-8-12-33(17-21)11-1-10-31/h2-7,14-16,21,34H,1,8-13,17H2/t21-/m0/s1. The van der Waals surface area contributed by atoms with Crippen LogP contribution in [0.4, 0.5) is 4.39 Å². The summed E-state index contributed by atoms with van der Waals surface area (Å²) in [6.45, 7) is 2.19. The number of rotatable bonds is 7. The molecule has 1 N–H and O–H groups in total. The first-order chi connectivity index (χ1) is 17.5. The molecule has 1 aromatic heterocycles. The molecule has 0 unspecified atom stereocenters. The molecule has 0 saturated carbocycles. The topological polar surface area (TPSA) is 45.6 Å². The summed E-state index contributed by atoms with van der Waals surface area (Å²) in [7, 11) is 0. The van der Waals surface area contributed by atoms with Gasteiger partial charge >= 0.3 is 0 Å². The molecule has 1 fully saturated rings. The Morgan fingerprint density at radius 3 is 2.75 bits per heavy atom. The first kappa shape index (κ1) is 25.4. The molecule has 36 heavy (non-hydrogen) atoms. The summed E-state index contributed by atoms with van der Waals surface area (Å²) in [4.78, 5) is 7.90. The highest BCUT2D eigenvalue weighted by atomic mass is 35.5. The van der Waals surface area contributed by atoms with Crippen LogP contribution in [0.1, 0.15) is 36.0 Å². The molecule has 0 amide bonds. The maximum absolute atomic E-state index is 12.5. The second kappa shape index (κ2) is 11.4. The van der Waals surface area contributed by atoms with Crippen LogP contribution in [0.25, 0.3) is 11.1 Å². The summed E-state index contributed by atoms with van der Waals surface area (Å²) in [6.07, 6.45) is 4.17. The van der Waals surface area contributed by atoms with Crippen LogP contribution in [-0.2, 0) is 0 Å². The number of phenols is 1. The summed E-state index contributed by atoms with van der Waals surface area (Å²) < 4.78 is 18.6. The van der Waals surface area contributed by atoms with E-state index < -0.39 is 0 Å². The Balaban J connectivity index is 1.49. The smallest absolute Gasteiger partial charge is 0.213 e. The fourth-order valence-corrected chi connectivity index (χ4v) is 6.45. The third-order valence-corrected chi connectivity index (χ3v) is 8.16. The zero-order chi connectivity index (χ0) is 25.1. The molecule has 2 aliphatic heterocycles. The van der Waals surface area contributed by atoms with Gasteiger partial charge in [-0.25, -0.2) is 4.98 Å². The van der Waals surface area contributed by atoms with Crippen molar-refractivity contribution >= 4 is 46.1 Å². The van der Waals surface area contributed by atoms with E-state index in [-0.39, 0.29) is 18.5 Å². The lowest BCUT2D eigenvalue weighted by molar-refractivity contribution is 0.191. The van der Waals surface area contributed by atoms with E-state index in [0.717, 1.165) is 71.0 Å². The van der Waals surface area contributed by atoms with Gasteiger partial charge in [-0.05, 0) is 77.9 Å². The number of hydrogen-bond acceptors (Lipinski definition) is 5. The van der Waals surface area contributed by atoms with E-state index in [1.165, 1.54) is 0 Å². The number of alkyl halides is 1. The molecule has 3 aromatic rings. The molecule has 1 saturated heterocycles. The third-order valence-electron chi connectivity index (χ3n) is 6.55. The first-order valence-corrected chi connectivity index (χ1v) is 13.8. The number of halogens is 3. The summed E-state index contributed by atoms with van der Waals surface area (Å²) >= 11 is 14.6. The molecule has 4 nitrogen and oxygen atoms in total. The van der Waals surface area contributed by atoms with Crippen molar-refractivity contribution in [2.24, 2.45) is 0 Å². The number of ether oxygens (including phenoxy) is 1. The Bertz CT molecular complexity index is 1270. The second-order valence-electron chi connectivity index (χ2n) is 9.01. The average molecular weight is 546 g/mol. The maximum atomic E-state index is 12.5. The highest BCUT2D eigenvalue weighted by molar-refractivity contribution is 7.99. The van der Waals surface area contributed by atoms with Crippen LogP contribution < -0.4 is 4.74 Å². The normalized spacial score (nSPS) is 18.2. The van der Waals surface area contributed by atoms with Gasteiger partial charge in [0.15, 0.2) is 0 Å². The van der Waals surface area contributed by atoms with Gasteiger partial charge in [-0.2, -0.15) is 0 Å². The van der Waals surface area contributed by atoms with E-state index >= 15 is 0 Å². The average Bonchev–Trinajstić information content (AvgIpc) is 3.22. The third kappa shape index (κ3) is 5.67. The fourth-order valence-electron chi connectivity index (χ4n) is 4.87. The zero-order valence-electron chi connectivity index (χ0n) is 19.7. The van der Waals surface area contributed by atoms with E-state index in [4.69, 9.17) is 27.9 Å². The minimum absolute atomic E-state index is 0.0589. The van der Waals surface area contributed by atoms with Gasteiger partial charge in [0.2, 0.25) is 5.88 Å². The number of aromatic nitrogens is 1. The van der Waals surface area contributed by atoms with Gasteiger partial charge < -0.3 is 9.84 Å². The minimum Gasteiger partial charge on any atom is -0.508 e. The Labute approximate surface area is 225 Å². The van der Waals surface area contributed by atoms with Crippen LogP contribution in [0.2, 0.25) is 10.0 Å². The van der Waals surface area contributed by atoms with Crippen molar-refractivity contribution in [1.82, 2.24) is 9.88 Å². The van der Waals surface area contributed by atoms with E-state index in [0.29, 0.717) is 22.3 Å². The number of pyridine rings is 1. The number of allylic oxidation sites excluding steroid dienone is 1. The van der Waals surface area contributed by atoms with E-state index in [1.54, 1.807) is 23.9 Å². The summed E-state index contributed by atoms with van der Waals surface area (Å²) in [5.74, 6) is 1.67. The molecule has 2 aliphatic rings. The predicted molar refractivity (Wildman–Crippen MR) is 146 cm³/mol. The van der Waals surface area contributed by atoms with Crippen molar-refractivity contribution < 1.29 is 14.2 Å². The lowest BCUT2D eigenvalue weighted by atomic mass is 9.89. The van der Waals surface area contributed by atoms with Crippen molar-refractivity contribution in [3.8, 4) is 11.6 Å². The second-order valence-corrected chi connectivity index (χ2v) is 11.0. The molecule has 188 valence electrons. The number of phenolic OH excluding ortho intramolecular Hbond substituents is 1. The Hall–Kier alpha value is -2.25. The van der Waals surface area contributed by atoms with Gasteiger partial charge in [0.05, 0.1) is 6.67 Å². The summed E-state index contributed by atoms with van der Waals surface area (Å²) in [5, 5.41) is 11.3. The van der Waals surface area contributed by atoms with Gasteiger partial charge in [0.1, 0.15) is 11.9 Å². The molecule has 0 radical (unpaired) electrons. The van der Waals surface area contributed by atoms with Gasteiger partial charge in [0, 0.05) is 58.2 Å². The van der Waals surface area contributed by atoms with Crippen molar-refractivity contribution in [2.75, 3.05) is 32.1 Å². The lowest BCUT2D eigenvalue weighted by Gasteiger charge is -2.18. The Morgan fingerprint density at radius 1 is 1.11 bits per heavy atom. The quantitative estimate of drug-likeness (QED) is 0.336. The molecule has 8 heteroatoms. The van der Waals surface area contributed by atoms with Gasteiger partial charge in [-0.3, -0.25) is 9.29 Å². The molecule has 3 heterocycles. The van der Waals surface area contributed by atoms with Crippen LogP contribution in [-0.4, -0.2) is 53.2 Å². The summed E-state index contributed by atoms with van der Waals surface area (Å²) in [6, 6.07) is 15.0. The number of thioether (sulfide) groups is 1. The van der Waals surface area contributed by atoms with Crippen LogP contribution in [0, 0.1) is 0 Å². The summed E-state index contributed by atoms with van der Waals surface area (Å²) in [5.41, 5.74) is 5.08. The molecular weight excluding hydrogens is 518 g/mol. The maximum Gasteiger partial charge on any atom is 0.213 e. The van der Waals surface area contributed by atoms with Gasteiger partial charge in [-0.1, -0.05) is 29.3 Å². The monoisotopic (exact) mass is 544 g/mol. The van der Waals surface area contributed by atoms with Crippen molar-refractivity contribution in [3.63, 3.8) is 0 Å². The Morgan fingerprint density at radius 2 is 1.97 bits per heavy atom. The van der Waals surface area contributed by atoms with Crippen LogP contribution >= 0.6 is 35.0 Å². The van der Waals surface area contributed by atoms with Gasteiger partial charge in [-0.15, -0.1) is 11.8 Å².